The average Bonchev–Trinajstić information content (AvgIpc) is 2.45. The molecule has 0 aliphatic carbocycles. The SMILES string of the molecule is CCc1c(OC(=O)O)cccc1-c1cccc(C(C)(C)C)c1. The maximum Gasteiger partial charge on any atom is 0.511 e. The summed E-state index contributed by atoms with van der Waals surface area (Å²) in [7, 11) is 0. The summed E-state index contributed by atoms with van der Waals surface area (Å²) >= 11 is 0. The molecule has 0 fully saturated rings. The van der Waals surface area contributed by atoms with Crippen molar-refractivity contribution < 1.29 is 14.6 Å². The van der Waals surface area contributed by atoms with Gasteiger partial charge in [0.1, 0.15) is 5.75 Å². The molecule has 2 aromatic carbocycles. The predicted octanol–water partition coefficient (Wildman–Crippen LogP) is 5.27. The molecule has 0 atom stereocenters. The maximum atomic E-state index is 10.8. The average molecular weight is 298 g/mol. The minimum absolute atomic E-state index is 0.0670. The number of rotatable bonds is 3. The third-order valence-electron chi connectivity index (χ3n) is 3.72. The maximum absolute atomic E-state index is 10.8. The quantitative estimate of drug-likeness (QED) is 0.620. The van der Waals surface area contributed by atoms with E-state index >= 15 is 0 Å². The molecule has 1 N–H and O–H groups in total. The largest absolute Gasteiger partial charge is 0.511 e. The van der Waals surface area contributed by atoms with E-state index in [1.165, 1.54) is 5.56 Å². The fraction of sp³-hybridized carbons (Fsp3) is 0.316. The second-order valence-electron chi connectivity index (χ2n) is 6.33. The van der Waals surface area contributed by atoms with Crippen molar-refractivity contribution in [2.75, 3.05) is 0 Å². The van der Waals surface area contributed by atoms with Crippen molar-refractivity contribution in [3.8, 4) is 16.9 Å². The second-order valence-corrected chi connectivity index (χ2v) is 6.33. The van der Waals surface area contributed by atoms with Crippen LogP contribution in [0.25, 0.3) is 11.1 Å². The summed E-state index contributed by atoms with van der Waals surface area (Å²) in [5.74, 6) is 0.411. The van der Waals surface area contributed by atoms with Crippen LogP contribution in [-0.2, 0) is 11.8 Å². The van der Waals surface area contributed by atoms with E-state index in [9.17, 15) is 4.79 Å². The van der Waals surface area contributed by atoms with Crippen LogP contribution in [0, 0.1) is 0 Å². The smallest absolute Gasteiger partial charge is 0.449 e. The van der Waals surface area contributed by atoms with Gasteiger partial charge in [0, 0.05) is 5.56 Å². The van der Waals surface area contributed by atoms with Gasteiger partial charge < -0.3 is 9.84 Å². The Hall–Kier alpha value is -2.29. The molecule has 116 valence electrons. The van der Waals surface area contributed by atoms with E-state index in [4.69, 9.17) is 9.84 Å². The number of benzene rings is 2. The predicted molar refractivity (Wildman–Crippen MR) is 88.6 cm³/mol. The molecular formula is C19H22O3. The summed E-state index contributed by atoms with van der Waals surface area (Å²) in [6.45, 7) is 8.53. The molecule has 3 heteroatoms. The van der Waals surface area contributed by atoms with E-state index in [0.29, 0.717) is 12.2 Å². The minimum Gasteiger partial charge on any atom is -0.449 e. The summed E-state index contributed by atoms with van der Waals surface area (Å²) in [4.78, 5) is 10.8. The first kappa shape index (κ1) is 16.1. The van der Waals surface area contributed by atoms with Crippen molar-refractivity contribution in [1.82, 2.24) is 0 Å². The van der Waals surface area contributed by atoms with Gasteiger partial charge in [-0.25, -0.2) is 4.79 Å². The molecule has 0 bridgehead atoms. The Kier molecular flexibility index (Phi) is 4.55. The van der Waals surface area contributed by atoms with E-state index in [1.807, 2.05) is 31.2 Å². The van der Waals surface area contributed by atoms with Crippen LogP contribution in [0.1, 0.15) is 38.8 Å². The van der Waals surface area contributed by atoms with Gasteiger partial charge in [-0.05, 0) is 34.6 Å². The third kappa shape index (κ3) is 3.48. The van der Waals surface area contributed by atoms with Crippen molar-refractivity contribution in [2.24, 2.45) is 0 Å². The monoisotopic (exact) mass is 298 g/mol. The van der Waals surface area contributed by atoms with Gasteiger partial charge in [0.05, 0.1) is 0 Å². The first-order valence-corrected chi connectivity index (χ1v) is 7.46. The zero-order valence-electron chi connectivity index (χ0n) is 13.5. The zero-order valence-corrected chi connectivity index (χ0v) is 13.5. The van der Waals surface area contributed by atoms with Crippen molar-refractivity contribution >= 4 is 6.16 Å². The van der Waals surface area contributed by atoms with E-state index in [0.717, 1.165) is 16.7 Å². The van der Waals surface area contributed by atoms with Crippen molar-refractivity contribution in [2.45, 2.75) is 39.5 Å². The zero-order chi connectivity index (χ0) is 16.3. The Morgan fingerprint density at radius 2 is 1.82 bits per heavy atom. The van der Waals surface area contributed by atoms with Crippen molar-refractivity contribution in [1.29, 1.82) is 0 Å². The molecule has 0 spiro atoms. The lowest BCUT2D eigenvalue weighted by Gasteiger charge is -2.20. The van der Waals surface area contributed by atoms with Gasteiger partial charge in [-0.3, -0.25) is 0 Å². The topological polar surface area (TPSA) is 46.5 Å². The molecule has 0 saturated heterocycles. The van der Waals surface area contributed by atoms with Gasteiger partial charge >= 0.3 is 6.16 Å². The van der Waals surface area contributed by atoms with E-state index in [-0.39, 0.29) is 5.41 Å². The summed E-state index contributed by atoms with van der Waals surface area (Å²) in [6, 6.07) is 13.9. The minimum atomic E-state index is -1.28. The summed E-state index contributed by atoms with van der Waals surface area (Å²) < 4.78 is 4.91. The number of carbonyl (C=O) groups is 1. The molecule has 0 unspecified atom stereocenters. The Morgan fingerprint density at radius 3 is 2.41 bits per heavy atom. The van der Waals surface area contributed by atoms with Crippen LogP contribution >= 0.6 is 0 Å². The van der Waals surface area contributed by atoms with Crippen LogP contribution in [0.4, 0.5) is 4.79 Å². The van der Waals surface area contributed by atoms with Crippen molar-refractivity contribution in [3.05, 3.63) is 53.6 Å². The highest BCUT2D eigenvalue weighted by atomic mass is 16.7. The molecule has 0 aromatic heterocycles. The molecule has 3 nitrogen and oxygen atoms in total. The summed E-state index contributed by atoms with van der Waals surface area (Å²) in [5.41, 5.74) is 4.33. The van der Waals surface area contributed by atoms with Gasteiger partial charge in [0.2, 0.25) is 0 Å². The van der Waals surface area contributed by atoms with Crippen molar-refractivity contribution in [3.63, 3.8) is 0 Å². The Labute approximate surface area is 131 Å². The Bertz CT molecular complexity index is 681. The molecule has 0 amide bonds. The van der Waals surface area contributed by atoms with Gasteiger partial charge in [-0.15, -0.1) is 0 Å². The molecule has 0 radical (unpaired) electrons. The number of carboxylic acid groups (broad SMARTS) is 1. The van der Waals surface area contributed by atoms with E-state index < -0.39 is 6.16 Å². The van der Waals surface area contributed by atoms with Gasteiger partial charge in [-0.2, -0.15) is 0 Å². The van der Waals surface area contributed by atoms with E-state index in [1.54, 1.807) is 6.07 Å². The fourth-order valence-corrected chi connectivity index (χ4v) is 2.54. The van der Waals surface area contributed by atoms with Crippen LogP contribution in [0.2, 0.25) is 0 Å². The molecule has 0 heterocycles. The first-order chi connectivity index (χ1) is 10.3. The number of hydrogen-bond acceptors (Lipinski definition) is 2. The number of hydrogen-bond donors (Lipinski definition) is 1. The molecule has 2 rings (SSSR count). The van der Waals surface area contributed by atoms with Crippen LogP contribution in [-0.4, -0.2) is 11.3 Å². The second kappa shape index (κ2) is 6.22. The summed E-state index contributed by atoms with van der Waals surface area (Å²) in [5, 5.41) is 8.88. The lowest BCUT2D eigenvalue weighted by atomic mass is 9.85. The fourth-order valence-electron chi connectivity index (χ4n) is 2.54. The summed E-state index contributed by atoms with van der Waals surface area (Å²) in [6.07, 6.45) is -0.575. The highest BCUT2D eigenvalue weighted by Crippen LogP contribution is 2.33. The normalized spacial score (nSPS) is 11.3. The molecule has 0 aliphatic heterocycles. The van der Waals surface area contributed by atoms with Crippen LogP contribution in [0.5, 0.6) is 5.75 Å². The van der Waals surface area contributed by atoms with Gasteiger partial charge in [0.15, 0.2) is 0 Å². The highest BCUT2D eigenvalue weighted by Gasteiger charge is 2.16. The Balaban J connectivity index is 2.55. The lowest BCUT2D eigenvalue weighted by molar-refractivity contribution is 0.144. The molecular weight excluding hydrogens is 276 g/mol. The van der Waals surface area contributed by atoms with E-state index in [2.05, 4.69) is 32.9 Å². The molecule has 2 aromatic rings. The van der Waals surface area contributed by atoms with Crippen LogP contribution in [0.15, 0.2) is 42.5 Å². The van der Waals surface area contributed by atoms with Gasteiger partial charge in [-0.1, -0.05) is 64.1 Å². The first-order valence-electron chi connectivity index (χ1n) is 7.46. The number of ether oxygens (including phenoxy) is 1. The van der Waals surface area contributed by atoms with Crippen LogP contribution < -0.4 is 4.74 Å². The molecule has 22 heavy (non-hydrogen) atoms. The molecule has 0 aliphatic rings. The third-order valence-corrected chi connectivity index (χ3v) is 3.72. The van der Waals surface area contributed by atoms with Gasteiger partial charge in [0.25, 0.3) is 0 Å². The molecule has 0 saturated carbocycles. The standard InChI is InChI=1S/C19H22O3/c1-5-15-16(10-7-11-17(15)22-18(20)21)13-8-6-9-14(12-13)19(2,3)4/h6-12H,5H2,1-4H3,(H,20,21). The van der Waals surface area contributed by atoms with Crippen LogP contribution in [0.3, 0.4) is 0 Å². The lowest BCUT2D eigenvalue weighted by Crippen LogP contribution is -2.11. The Morgan fingerprint density at radius 1 is 1.14 bits per heavy atom. The highest BCUT2D eigenvalue weighted by molar-refractivity contribution is 5.73.